The van der Waals surface area contributed by atoms with Gasteiger partial charge in [-0.1, -0.05) is 48.2 Å². The van der Waals surface area contributed by atoms with Crippen LogP contribution in [0.1, 0.15) is 17.4 Å². The first kappa shape index (κ1) is 21.5. The number of amides is 2. The highest BCUT2D eigenvalue weighted by atomic mass is 32.2. The highest BCUT2D eigenvalue weighted by Crippen LogP contribution is 2.35. The zero-order chi connectivity index (χ0) is 22.1. The van der Waals surface area contributed by atoms with Crippen molar-refractivity contribution < 1.29 is 9.59 Å². The molecular weight excluding hydrogens is 450 g/mol. The van der Waals surface area contributed by atoms with Crippen molar-refractivity contribution in [1.29, 1.82) is 0 Å². The predicted octanol–water partition coefficient (Wildman–Crippen LogP) is 3.84. The number of aromatic amines is 1. The van der Waals surface area contributed by atoms with Crippen LogP contribution in [0.3, 0.4) is 0 Å². The third-order valence-corrected chi connectivity index (χ3v) is 7.15. The van der Waals surface area contributed by atoms with Crippen LogP contribution in [0.2, 0.25) is 0 Å². The lowest BCUT2D eigenvalue weighted by Gasteiger charge is -2.27. The van der Waals surface area contributed by atoms with E-state index in [1.165, 1.54) is 39.0 Å². The van der Waals surface area contributed by atoms with Crippen molar-refractivity contribution in [3.8, 4) is 0 Å². The summed E-state index contributed by atoms with van der Waals surface area (Å²) in [6.45, 7) is 1.92. The van der Waals surface area contributed by atoms with E-state index < -0.39 is 6.04 Å². The van der Waals surface area contributed by atoms with Gasteiger partial charge in [0.1, 0.15) is 10.4 Å². The third-order valence-electron chi connectivity index (χ3n) is 5.00. The molecule has 0 bridgehead atoms. The predicted molar refractivity (Wildman–Crippen MR) is 130 cm³/mol. The molecule has 1 aromatic carbocycles. The molecule has 0 saturated carbocycles. The van der Waals surface area contributed by atoms with Crippen LogP contribution in [-0.2, 0) is 16.1 Å². The molecule has 0 spiro atoms. The largest absolute Gasteiger partial charge is 0.340 e. The summed E-state index contributed by atoms with van der Waals surface area (Å²) >= 11 is 8.13. The van der Waals surface area contributed by atoms with Gasteiger partial charge >= 0.3 is 0 Å². The van der Waals surface area contributed by atoms with E-state index in [9.17, 15) is 14.4 Å². The Morgan fingerprint density at radius 1 is 1.26 bits per heavy atom. The Hall–Kier alpha value is -2.75. The maximum absolute atomic E-state index is 13.1. The first-order valence-electron chi connectivity index (χ1n) is 9.51. The zero-order valence-electron chi connectivity index (χ0n) is 16.8. The molecule has 1 atom stereocenters. The fourth-order valence-corrected chi connectivity index (χ4v) is 5.63. The van der Waals surface area contributed by atoms with Crippen LogP contribution < -0.4 is 5.56 Å². The average molecular weight is 470 g/mol. The number of rotatable bonds is 5. The number of thioether (sulfide) groups is 1. The molecule has 1 aliphatic heterocycles. The molecule has 2 amide bonds. The number of carbonyl (C=O) groups excluding carboxylic acids is 2. The van der Waals surface area contributed by atoms with Crippen LogP contribution in [0.15, 0.2) is 57.5 Å². The second-order valence-corrected chi connectivity index (χ2v) is 9.80. The van der Waals surface area contributed by atoms with Gasteiger partial charge in [0.2, 0.25) is 11.5 Å². The Bertz CT molecular complexity index is 1260. The highest BCUT2D eigenvalue weighted by molar-refractivity contribution is 8.26. The topological polar surface area (TPSA) is 73.5 Å². The van der Waals surface area contributed by atoms with E-state index in [2.05, 4.69) is 4.98 Å². The molecule has 3 heterocycles. The van der Waals surface area contributed by atoms with Crippen molar-refractivity contribution in [3.63, 3.8) is 0 Å². The second kappa shape index (κ2) is 8.78. The molecule has 4 rings (SSSR count). The van der Waals surface area contributed by atoms with Gasteiger partial charge in [-0.15, -0.1) is 11.3 Å². The number of H-pyrrole nitrogens is 1. The van der Waals surface area contributed by atoms with Gasteiger partial charge in [0.15, 0.2) is 0 Å². The number of thiophene rings is 1. The average Bonchev–Trinajstić information content (AvgIpc) is 3.34. The lowest BCUT2D eigenvalue weighted by molar-refractivity contribution is -0.138. The van der Waals surface area contributed by atoms with E-state index >= 15 is 0 Å². The van der Waals surface area contributed by atoms with Gasteiger partial charge in [0, 0.05) is 35.4 Å². The number of nitrogens with one attached hydrogen (secondary N) is 1. The van der Waals surface area contributed by atoms with Crippen molar-refractivity contribution >= 4 is 68.4 Å². The number of aromatic nitrogens is 1. The Labute approximate surface area is 192 Å². The van der Waals surface area contributed by atoms with Gasteiger partial charge < -0.3 is 9.88 Å². The van der Waals surface area contributed by atoms with E-state index in [0.717, 1.165) is 21.3 Å². The maximum atomic E-state index is 13.1. The summed E-state index contributed by atoms with van der Waals surface area (Å²) in [5.41, 5.74) is 1.23. The summed E-state index contributed by atoms with van der Waals surface area (Å²) in [4.78, 5) is 45.2. The number of hydrogen-bond donors (Lipinski definition) is 1. The molecule has 2 aromatic heterocycles. The fraction of sp³-hybridized carbons (Fsp3) is 0.182. The molecule has 158 valence electrons. The molecule has 0 radical (unpaired) electrons. The summed E-state index contributed by atoms with van der Waals surface area (Å²) in [6, 6.07) is 12.0. The van der Waals surface area contributed by atoms with Crippen LogP contribution in [0.25, 0.3) is 17.0 Å². The summed E-state index contributed by atoms with van der Waals surface area (Å²) < 4.78 is 0.365. The number of hydrogen-bond acceptors (Lipinski definition) is 6. The molecule has 1 unspecified atom stereocenters. The molecule has 6 nitrogen and oxygen atoms in total. The minimum atomic E-state index is -0.750. The van der Waals surface area contributed by atoms with Crippen LogP contribution in [0, 0.1) is 0 Å². The van der Waals surface area contributed by atoms with Crippen LogP contribution in [0.5, 0.6) is 0 Å². The Kier molecular flexibility index (Phi) is 6.08. The lowest BCUT2D eigenvalue weighted by atomic mass is 10.1. The monoisotopic (exact) mass is 469 g/mol. The maximum Gasteiger partial charge on any atom is 0.266 e. The molecule has 1 aliphatic rings. The number of thiocarbonyl (C=S) groups is 1. The number of benzene rings is 1. The Balaban J connectivity index is 1.54. The molecule has 0 aliphatic carbocycles. The van der Waals surface area contributed by atoms with E-state index in [4.69, 9.17) is 12.2 Å². The summed E-state index contributed by atoms with van der Waals surface area (Å²) in [7, 11) is 1.66. The third kappa shape index (κ3) is 4.34. The SMILES string of the molecule is CC(C(=O)N(C)Cc1cc(=O)[nH]c2ccccc12)N1C(=O)/C(=C\c2cccs2)SC1=S. The minimum absolute atomic E-state index is 0.224. The standard InChI is InChI=1S/C22H19N3O3S3/c1-13(25-21(28)18(31-22(25)29)11-15-6-5-9-30-15)20(27)24(2)12-14-10-19(26)23-17-8-4-3-7-16(14)17/h3-11,13H,12H2,1-2H3,(H,23,26)/b18-11+. The minimum Gasteiger partial charge on any atom is -0.340 e. The van der Waals surface area contributed by atoms with Gasteiger partial charge in [0.05, 0.1) is 4.91 Å². The Morgan fingerprint density at radius 3 is 2.77 bits per heavy atom. The molecule has 1 N–H and O–H groups in total. The number of fused-ring (bicyclic) bond motifs is 1. The molecule has 3 aromatic rings. The first-order valence-corrected chi connectivity index (χ1v) is 11.6. The van der Waals surface area contributed by atoms with E-state index in [1.54, 1.807) is 20.0 Å². The fourth-order valence-electron chi connectivity index (χ4n) is 3.49. The van der Waals surface area contributed by atoms with E-state index in [1.807, 2.05) is 41.8 Å². The van der Waals surface area contributed by atoms with Gasteiger partial charge in [-0.05, 0) is 36.1 Å². The number of para-hydroxylation sites is 1. The van der Waals surface area contributed by atoms with Gasteiger partial charge in [-0.2, -0.15) is 0 Å². The molecule has 31 heavy (non-hydrogen) atoms. The van der Waals surface area contributed by atoms with Crippen molar-refractivity contribution in [2.24, 2.45) is 0 Å². The van der Waals surface area contributed by atoms with Crippen molar-refractivity contribution in [3.05, 3.63) is 73.5 Å². The van der Waals surface area contributed by atoms with Crippen molar-refractivity contribution in [1.82, 2.24) is 14.8 Å². The number of likely N-dealkylation sites (N-methyl/N-ethyl adjacent to an activating group) is 1. The van der Waals surface area contributed by atoms with Crippen molar-refractivity contribution in [2.45, 2.75) is 19.5 Å². The van der Waals surface area contributed by atoms with Gasteiger partial charge in [0.25, 0.3) is 5.91 Å². The lowest BCUT2D eigenvalue weighted by Crippen LogP contribution is -2.47. The van der Waals surface area contributed by atoms with Crippen molar-refractivity contribution in [2.75, 3.05) is 7.05 Å². The van der Waals surface area contributed by atoms with Gasteiger partial charge in [-0.25, -0.2) is 0 Å². The normalized spacial score (nSPS) is 16.3. The quantitative estimate of drug-likeness (QED) is 0.454. The highest BCUT2D eigenvalue weighted by Gasteiger charge is 2.39. The molecule has 9 heteroatoms. The number of pyridine rings is 1. The van der Waals surface area contributed by atoms with E-state index in [-0.39, 0.29) is 23.9 Å². The second-order valence-electron chi connectivity index (χ2n) is 7.14. The molecule has 1 saturated heterocycles. The number of nitrogens with zero attached hydrogens (tertiary/aromatic N) is 2. The summed E-state index contributed by atoms with van der Waals surface area (Å²) in [5.74, 6) is -0.516. The van der Waals surface area contributed by atoms with Crippen LogP contribution in [-0.4, -0.2) is 44.0 Å². The van der Waals surface area contributed by atoms with E-state index in [0.29, 0.717) is 9.23 Å². The van der Waals surface area contributed by atoms with Crippen LogP contribution in [0.4, 0.5) is 0 Å². The molecular formula is C22H19N3O3S3. The molecule has 1 fully saturated rings. The number of carbonyl (C=O) groups is 2. The Morgan fingerprint density at radius 2 is 2.03 bits per heavy atom. The zero-order valence-corrected chi connectivity index (χ0v) is 19.3. The van der Waals surface area contributed by atoms with Gasteiger partial charge in [-0.3, -0.25) is 19.3 Å². The van der Waals surface area contributed by atoms with Crippen LogP contribution >= 0.6 is 35.3 Å². The summed E-state index contributed by atoms with van der Waals surface area (Å²) in [5, 5.41) is 2.81. The first-order chi connectivity index (χ1) is 14.8. The summed E-state index contributed by atoms with van der Waals surface area (Å²) in [6.07, 6.45) is 1.80. The smallest absolute Gasteiger partial charge is 0.266 e.